The van der Waals surface area contributed by atoms with Crippen LogP contribution in [0.4, 0.5) is 0 Å². The minimum Gasteiger partial charge on any atom is -0.103 e. The Balaban J connectivity index is 2.41. The lowest BCUT2D eigenvalue weighted by Gasteiger charge is -2.27. The zero-order valence-electron chi connectivity index (χ0n) is 6.35. The molecule has 0 unspecified atom stereocenters. The predicted octanol–water partition coefficient (Wildman–Crippen LogP) is 3.37. The number of hydrogen-bond donors (Lipinski definition) is 0. The molecule has 1 aliphatic carbocycles. The summed E-state index contributed by atoms with van der Waals surface area (Å²) in [6.45, 7) is 3.86. The summed E-state index contributed by atoms with van der Waals surface area (Å²) in [5.74, 6) is 1.65. The van der Waals surface area contributed by atoms with Crippen LogP contribution in [0.15, 0.2) is 12.7 Å². The van der Waals surface area contributed by atoms with Gasteiger partial charge in [0.1, 0.15) is 0 Å². The summed E-state index contributed by atoms with van der Waals surface area (Å²) in [7, 11) is 0. The molecule has 58 valence electrons. The first kappa shape index (κ1) is 8.32. The van der Waals surface area contributed by atoms with Crippen LogP contribution < -0.4 is 0 Å². The fourth-order valence-electron chi connectivity index (χ4n) is 1.74. The molecule has 0 heterocycles. The fraction of sp³-hybridized carbons (Fsp3) is 0.778. The van der Waals surface area contributed by atoms with E-state index in [1.807, 2.05) is 0 Å². The summed E-state index contributed by atoms with van der Waals surface area (Å²) in [4.78, 5) is 0. The highest BCUT2D eigenvalue weighted by atomic mass is 79.9. The fourth-order valence-corrected chi connectivity index (χ4v) is 2.54. The highest BCUT2D eigenvalue weighted by molar-refractivity contribution is 9.09. The van der Waals surface area contributed by atoms with E-state index >= 15 is 0 Å². The van der Waals surface area contributed by atoms with Gasteiger partial charge in [-0.25, -0.2) is 0 Å². The van der Waals surface area contributed by atoms with Gasteiger partial charge in [0.05, 0.1) is 0 Å². The first-order valence-electron chi connectivity index (χ1n) is 4.07. The van der Waals surface area contributed by atoms with Crippen molar-refractivity contribution >= 4 is 15.9 Å². The topological polar surface area (TPSA) is 0 Å². The molecule has 10 heavy (non-hydrogen) atoms. The van der Waals surface area contributed by atoms with Crippen LogP contribution in [0.3, 0.4) is 0 Å². The number of hydrogen-bond acceptors (Lipinski definition) is 0. The molecular formula is C9H15Br. The molecule has 0 radical (unpaired) electrons. The Kier molecular flexibility index (Phi) is 3.47. The van der Waals surface area contributed by atoms with Crippen LogP contribution in [0.25, 0.3) is 0 Å². The third kappa shape index (κ3) is 1.85. The smallest absolute Gasteiger partial charge is 0.00652 e. The first-order valence-corrected chi connectivity index (χ1v) is 5.19. The maximum Gasteiger partial charge on any atom is 0.00652 e. The number of halogens is 1. The maximum absolute atomic E-state index is 3.86. The molecule has 1 rings (SSSR count). The van der Waals surface area contributed by atoms with Crippen molar-refractivity contribution in [3.63, 3.8) is 0 Å². The summed E-state index contributed by atoms with van der Waals surface area (Å²) >= 11 is 3.54. The molecular weight excluding hydrogens is 188 g/mol. The summed E-state index contributed by atoms with van der Waals surface area (Å²) in [5, 5.41) is 1.16. The van der Waals surface area contributed by atoms with E-state index < -0.39 is 0 Å². The van der Waals surface area contributed by atoms with Crippen LogP contribution in [-0.4, -0.2) is 5.33 Å². The van der Waals surface area contributed by atoms with Crippen LogP contribution in [0.2, 0.25) is 0 Å². The third-order valence-electron chi connectivity index (χ3n) is 2.47. The van der Waals surface area contributed by atoms with Crippen LogP contribution in [0.5, 0.6) is 0 Å². The van der Waals surface area contributed by atoms with Gasteiger partial charge in [0.15, 0.2) is 0 Å². The first-order chi connectivity index (χ1) is 4.88. The van der Waals surface area contributed by atoms with E-state index in [9.17, 15) is 0 Å². The second-order valence-corrected chi connectivity index (χ2v) is 3.75. The molecule has 0 aromatic rings. The van der Waals surface area contributed by atoms with Crippen molar-refractivity contribution in [2.24, 2.45) is 11.8 Å². The molecule has 0 spiro atoms. The minimum atomic E-state index is 0.785. The van der Waals surface area contributed by atoms with Crippen LogP contribution >= 0.6 is 15.9 Å². The molecule has 0 aromatic heterocycles. The van der Waals surface area contributed by atoms with Gasteiger partial charge in [-0.1, -0.05) is 34.8 Å². The van der Waals surface area contributed by atoms with E-state index in [-0.39, 0.29) is 0 Å². The molecule has 1 aliphatic rings. The molecule has 1 saturated carbocycles. The standard InChI is InChI=1S/C9H15Br/c1-2-8-5-3-4-6-9(8)7-10/h2,8-9H,1,3-7H2/t8-,9+/m0/s1. The van der Waals surface area contributed by atoms with E-state index in [4.69, 9.17) is 0 Å². The predicted molar refractivity (Wildman–Crippen MR) is 49.4 cm³/mol. The van der Waals surface area contributed by atoms with Crippen molar-refractivity contribution in [3.05, 3.63) is 12.7 Å². The van der Waals surface area contributed by atoms with Crippen LogP contribution in [-0.2, 0) is 0 Å². The Morgan fingerprint density at radius 1 is 1.40 bits per heavy atom. The van der Waals surface area contributed by atoms with E-state index in [0.29, 0.717) is 0 Å². The number of alkyl halides is 1. The third-order valence-corrected chi connectivity index (χ3v) is 3.30. The molecule has 0 saturated heterocycles. The molecule has 2 atom stereocenters. The van der Waals surface area contributed by atoms with Crippen molar-refractivity contribution in [1.29, 1.82) is 0 Å². The Hall–Kier alpha value is 0.220. The molecule has 0 aliphatic heterocycles. The maximum atomic E-state index is 3.86. The monoisotopic (exact) mass is 202 g/mol. The van der Waals surface area contributed by atoms with Crippen LogP contribution in [0, 0.1) is 11.8 Å². The van der Waals surface area contributed by atoms with Gasteiger partial charge in [-0.3, -0.25) is 0 Å². The summed E-state index contributed by atoms with van der Waals surface area (Å²) in [6.07, 6.45) is 7.70. The highest BCUT2D eigenvalue weighted by Crippen LogP contribution is 2.31. The van der Waals surface area contributed by atoms with Crippen LogP contribution in [0.1, 0.15) is 25.7 Å². The van der Waals surface area contributed by atoms with Gasteiger partial charge in [0.2, 0.25) is 0 Å². The SMILES string of the molecule is C=C[C@H]1CCCC[C@@H]1CBr. The number of rotatable bonds is 2. The number of allylic oxidation sites excluding steroid dienone is 1. The van der Waals surface area contributed by atoms with Gasteiger partial charge in [-0.05, 0) is 24.7 Å². The van der Waals surface area contributed by atoms with Crippen molar-refractivity contribution in [3.8, 4) is 0 Å². The zero-order chi connectivity index (χ0) is 7.40. The Labute approximate surface area is 71.8 Å². The average molecular weight is 203 g/mol. The minimum absolute atomic E-state index is 0.785. The average Bonchev–Trinajstić information content (AvgIpc) is 2.04. The summed E-state index contributed by atoms with van der Waals surface area (Å²) in [6, 6.07) is 0. The summed E-state index contributed by atoms with van der Waals surface area (Å²) < 4.78 is 0. The Morgan fingerprint density at radius 3 is 2.60 bits per heavy atom. The van der Waals surface area contributed by atoms with E-state index in [2.05, 4.69) is 28.6 Å². The molecule has 0 amide bonds. The lowest BCUT2D eigenvalue weighted by molar-refractivity contribution is 0.313. The Morgan fingerprint density at radius 2 is 2.10 bits per heavy atom. The zero-order valence-corrected chi connectivity index (χ0v) is 7.94. The van der Waals surface area contributed by atoms with E-state index in [1.54, 1.807) is 0 Å². The van der Waals surface area contributed by atoms with Gasteiger partial charge >= 0.3 is 0 Å². The molecule has 0 bridgehead atoms. The van der Waals surface area contributed by atoms with Gasteiger partial charge < -0.3 is 0 Å². The van der Waals surface area contributed by atoms with Gasteiger partial charge in [-0.2, -0.15) is 0 Å². The van der Waals surface area contributed by atoms with E-state index in [1.165, 1.54) is 25.7 Å². The lowest BCUT2D eigenvalue weighted by Crippen LogP contribution is -2.18. The van der Waals surface area contributed by atoms with Gasteiger partial charge in [0, 0.05) is 5.33 Å². The largest absolute Gasteiger partial charge is 0.103 e. The quantitative estimate of drug-likeness (QED) is 0.476. The van der Waals surface area contributed by atoms with Crippen molar-refractivity contribution in [2.75, 3.05) is 5.33 Å². The highest BCUT2D eigenvalue weighted by Gasteiger charge is 2.20. The molecule has 0 N–H and O–H groups in total. The van der Waals surface area contributed by atoms with Crippen molar-refractivity contribution in [2.45, 2.75) is 25.7 Å². The van der Waals surface area contributed by atoms with Crippen molar-refractivity contribution < 1.29 is 0 Å². The second kappa shape index (κ2) is 4.17. The second-order valence-electron chi connectivity index (χ2n) is 3.10. The Bertz CT molecular complexity index is 109. The lowest BCUT2D eigenvalue weighted by atomic mass is 9.81. The molecule has 0 nitrogen and oxygen atoms in total. The molecule has 1 fully saturated rings. The van der Waals surface area contributed by atoms with Gasteiger partial charge in [0.25, 0.3) is 0 Å². The molecule has 0 aromatic carbocycles. The van der Waals surface area contributed by atoms with Gasteiger partial charge in [-0.15, -0.1) is 6.58 Å². The van der Waals surface area contributed by atoms with E-state index in [0.717, 1.165) is 17.2 Å². The molecule has 1 heteroatoms. The van der Waals surface area contributed by atoms with Crippen molar-refractivity contribution in [1.82, 2.24) is 0 Å². The normalized spacial score (nSPS) is 33.7. The summed E-state index contributed by atoms with van der Waals surface area (Å²) in [5.41, 5.74) is 0.